The van der Waals surface area contributed by atoms with E-state index in [4.69, 9.17) is 4.74 Å². The number of alkyl carbamates (subject to hydrolysis) is 1. The number of nitrogens with zero attached hydrogens (tertiary/aromatic N) is 4. The van der Waals surface area contributed by atoms with Crippen LogP contribution in [-0.4, -0.2) is 58.0 Å². The van der Waals surface area contributed by atoms with Gasteiger partial charge in [0, 0.05) is 20.1 Å². The third-order valence-corrected chi connectivity index (χ3v) is 3.22. The maximum absolute atomic E-state index is 11.9. The summed E-state index contributed by atoms with van der Waals surface area (Å²) in [6.07, 6.45) is 2.08. The fraction of sp³-hybridized carbons (Fsp3) is 0.688. The number of ether oxygens (including phenoxy) is 1. The number of carbonyl (C=O) groups is 1. The Morgan fingerprint density at radius 2 is 1.96 bits per heavy atom. The highest BCUT2D eigenvalue weighted by Gasteiger charge is 2.24. The van der Waals surface area contributed by atoms with Crippen molar-refractivity contribution in [2.75, 3.05) is 20.1 Å². The van der Waals surface area contributed by atoms with Crippen LogP contribution < -0.4 is 16.0 Å². The topological polar surface area (TPSA) is 136 Å². The third-order valence-electron chi connectivity index (χ3n) is 3.22. The van der Waals surface area contributed by atoms with E-state index in [0.717, 1.165) is 0 Å². The van der Waals surface area contributed by atoms with Crippen LogP contribution in [0.25, 0.3) is 0 Å². The molecule has 12 heteroatoms. The van der Waals surface area contributed by atoms with E-state index in [9.17, 15) is 14.9 Å². The number of amides is 1. The molecule has 3 N–H and O–H groups in total. The molecule has 0 radical (unpaired) electrons. The van der Waals surface area contributed by atoms with Crippen molar-refractivity contribution in [2.45, 2.75) is 52.3 Å². The Hall–Kier alpha value is -2.12. The Balaban J connectivity index is 0.00000729. The van der Waals surface area contributed by atoms with Crippen molar-refractivity contribution in [3.63, 3.8) is 0 Å². The fourth-order valence-corrected chi connectivity index (χ4v) is 2.01. The largest absolute Gasteiger partial charge is 0.444 e. The molecule has 160 valence electrons. The van der Waals surface area contributed by atoms with Crippen LogP contribution in [0.3, 0.4) is 0 Å². The van der Waals surface area contributed by atoms with Crippen LogP contribution in [0, 0.1) is 10.1 Å². The molecule has 0 aliphatic rings. The molecular formula is C16H30IN7O4. The molecule has 28 heavy (non-hydrogen) atoms. The number of carbonyl (C=O) groups excluding carboxylic acids is 1. The first-order valence-corrected chi connectivity index (χ1v) is 8.54. The second-order valence-corrected chi connectivity index (χ2v) is 7.58. The molecule has 11 nitrogen and oxygen atoms in total. The minimum Gasteiger partial charge on any atom is -0.444 e. The molecule has 0 unspecified atom stereocenters. The van der Waals surface area contributed by atoms with Gasteiger partial charge in [-0.15, -0.1) is 24.0 Å². The normalized spacial score (nSPS) is 12.0. The van der Waals surface area contributed by atoms with E-state index in [2.05, 4.69) is 26.0 Å². The van der Waals surface area contributed by atoms with Crippen LogP contribution in [0.1, 0.15) is 34.6 Å². The molecule has 0 fully saturated rings. The Morgan fingerprint density at radius 1 is 1.32 bits per heavy atom. The highest BCUT2D eigenvalue weighted by molar-refractivity contribution is 14.0. The lowest BCUT2D eigenvalue weighted by molar-refractivity contribution is -0.385. The summed E-state index contributed by atoms with van der Waals surface area (Å²) in [5.41, 5.74) is -1.18. The Labute approximate surface area is 181 Å². The minimum absolute atomic E-state index is 0. The zero-order chi connectivity index (χ0) is 20.7. The number of hydrogen-bond acceptors (Lipinski definition) is 6. The number of nitro groups is 1. The number of halogens is 1. The van der Waals surface area contributed by atoms with Crippen molar-refractivity contribution in [3.05, 3.63) is 22.5 Å². The molecule has 1 aromatic rings. The zero-order valence-electron chi connectivity index (χ0n) is 17.1. The number of guanidine groups is 1. The standard InChI is InChI=1S/C16H29N7O4.HI/c1-15(2,3)27-14(24)21-16(4,5)11-19-13(17-6)18-7-8-22-10-12(9-20-22)23(25)26;/h9-10H,7-8,11H2,1-6H3,(H,21,24)(H2,17,18,19);1H. The summed E-state index contributed by atoms with van der Waals surface area (Å²) in [5, 5.41) is 23.6. The van der Waals surface area contributed by atoms with E-state index in [1.165, 1.54) is 17.1 Å². The number of nitrogens with one attached hydrogen (secondary N) is 3. The van der Waals surface area contributed by atoms with Crippen molar-refractivity contribution < 1.29 is 14.5 Å². The molecule has 0 atom stereocenters. The summed E-state index contributed by atoms with van der Waals surface area (Å²) in [4.78, 5) is 26.2. The first-order valence-electron chi connectivity index (χ1n) is 8.54. The predicted octanol–water partition coefficient (Wildman–Crippen LogP) is 1.88. The molecule has 0 aliphatic heterocycles. The second-order valence-electron chi connectivity index (χ2n) is 7.58. The van der Waals surface area contributed by atoms with E-state index in [1.807, 2.05) is 13.8 Å². The van der Waals surface area contributed by atoms with Gasteiger partial charge >= 0.3 is 11.8 Å². The summed E-state index contributed by atoms with van der Waals surface area (Å²) in [6, 6.07) is 0. The molecule has 1 heterocycles. The van der Waals surface area contributed by atoms with Gasteiger partial charge in [0.05, 0.1) is 17.0 Å². The van der Waals surface area contributed by atoms with Crippen LogP contribution in [0.5, 0.6) is 0 Å². The van der Waals surface area contributed by atoms with Crippen molar-refractivity contribution in [2.24, 2.45) is 4.99 Å². The van der Waals surface area contributed by atoms with Crippen molar-refractivity contribution >= 4 is 41.7 Å². The zero-order valence-corrected chi connectivity index (χ0v) is 19.4. The lowest BCUT2D eigenvalue weighted by Crippen LogP contribution is -2.54. The lowest BCUT2D eigenvalue weighted by atomic mass is 10.1. The van der Waals surface area contributed by atoms with E-state index in [0.29, 0.717) is 25.6 Å². The second kappa shape index (κ2) is 11.0. The molecule has 0 saturated carbocycles. The first kappa shape index (κ1) is 25.9. The van der Waals surface area contributed by atoms with Crippen LogP contribution in [0.4, 0.5) is 10.5 Å². The van der Waals surface area contributed by atoms with E-state index in [-0.39, 0.29) is 29.7 Å². The molecular weight excluding hydrogens is 481 g/mol. The number of aromatic nitrogens is 2. The molecule has 0 aliphatic carbocycles. The Kier molecular flexibility index (Phi) is 10.2. The van der Waals surface area contributed by atoms with E-state index >= 15 is 0 Å². The maximum Gasteiger partial charge on any atom is 0.408 e. The number of hydrogen-bond donors (Lipinski definition) is 3. The summed E-state index contributed by atoms with van der Waals surface area (Å²) in [6.45, 7) is 10.5. The van der Waals surface area contributed by atoms with Crippen LogP contribution in [0.15, 0.2) is 17.4 Å². The smallest absolute Gasteiger partial charge is 0.408 e. The van der Waals surface area contributed by atoms with Gasteiger partial charge in [-0.3, -0.25) is 19.8 Å². The van der Waals surface area contributed by atoms with Gasteiger partial charge in [0.1, 0.15) is 18.0 Å². The molecule has 1 amide bonds. The molecule has 1 aromatic heterocycles. The van der Waals surface area contributed by atoms with Gasteiger partial charge < -0.3 is 20.7 Å². The van der Waals surface area contributed by atoms with E-state index < -0.39 is 22.2 Å². The van der Waals surface area contributed by atoms with Crippen LogP contribution >= 0.6 is 24.0 Å². The van der Waals surface area contributed by atoms with Gasteiger partial charge in [-0.05, 0) is 34.6 Å². The van der Waals surface area contributed by atoms with Gasteiger partial charge in [-0.25, -0.2) is 4.79 Å². The lowest BCUT2D eigenvalue weighted by Gasteiger charge is -2.29. The summed E-state index contributed by atoms with van der Waals surface area (Å²) >= 11 is 0. The van der Waals surface area contributed by atoms with Crippen molar-refractivity contribution in [1.82, 2.24) is 25.7 Å². The molecule has 0 aromatic carbocycles. The van der Waals surface area contributed by atoms with Gasteiger partial charge in [-0.2, -0.15) is 5.10 Å². The summed E-state index contributed by atoms with van der Waals surface area (Å²) < 4.78 is 6.74. The Bertz CT molecular complexity index is 683. The highest BCUT2D eigenvalue weighted by Crippen LogP contribution is 2.09. The van der Waals surface area contributed by atoms with Gasteiger partial charge in [0.15, 0.2) is 5.96 Å². The maximum atomic E-state index is 11.9. The average molecular weight is 511 g/mol. The predicted molar refractivity (Wildman–Crippen MR) is 117 cm³/mol. The third kappa shape index (κ3) is 10.3. The quantitative estimate of drug-likeness (QED) is 0.167. The van der Waals surface area contributed by atoms with Crippen LogP contribution in [-0.2, 0) is 11.3 Å². The monoisotopic (exact) mass is 511 g/mol. The summed E-state index contributed by atoms with van der Waals surface area (Å²) in [5.74, 6) is 0.538. The number of rotatable bonds is 7. The van der Waals surface area contributed by atoms with Crippen LogP contribution in [0.2, 0.25) is 0 Å². The van der Waals surface area contributed by atoms with Gasteiger partial charge in [0.2, 0.25) is 0 Å². The van der Waals surface area contributed by atoms with Gasteiger partial charge in [0.25, 0.3) is 0 Å². The Morgan fingerprint density at radius 3 is 2.46 bits per heavy atom. The van der Waals surface area contributed by atoms with Gasteiger partial charge in [-0.1, -0.05) is 0 Å². The molecule has 0 bridgehead atoms. The average Bonchev–Trinajstić information content (AvgIpc) is 2.97. The van der Waals surface area contributed by atoms with Crippen molar-refractivity contribution in [1.29, 1.82) is 0 Å². The fourth-order valence-electron chi connectivity index (χ4n) is 2.01. The highest BCUT2D eigenvalue weighted by atomic mass is 127. The molecule has 0 saturated heterocycles. The SMILES string of the molecule is CN=C(NCCn1cc([N+](=O)[O-])cn1)NCC(C)(C)NC(=O)OC(C)(C)C.I. The number of aliphatic imine (C=N–C) groups is 1. The van der Waals surface area contributed by atoms with E-state index in [1.54, 1.807) is 27.8 Å². The minimum atomic E-state index is -0.567. The first-order chi connectivity index (χ1) is 12.4. The van der Waals surface area contributed by atoms with Crippen molar-refractivity contribution in [3.8, 4) is 0 Å². The molecule has 1 rings (SSSR count). The molecule has 0 spiro atoms. The summed E-state index contributed by atoms with van der Waals surface area (Å²) in [7, 11) is 1.63.